The minimum Gasteiger partial charge on any atom is -0.472 e. The number of fused-ring (bicyclic) bond motifs is 1. The normalized spacial score (nSPS) is 18.9. The molecule has 0 saturated carbocycles. The molecular formula is C23H29N3O3. The number of carbonyl (C=O) groups excluding carboxylic acids is 2. The summed E-state index contributed by atoms with van der Waals surface area (Å²) in [6.45, 7) is 6.04. The van der Waals surface area contributed by atoms with E-state index in [4.69, 9.17) is 4.42 Å². The average molecular weight is 396 g/mol. The Balaban J connectivity index is 1.22. The van der Waals surface area contributed by atoms with Gasteiger partial charge in [-0.1, -0.05) is 24.3 Å². The Morgan fingerprint density at radius 3 is 2.62 bits per heavy atom. The quantitative estimate of drug-likeness (QED) is 0.845. The standard InChI is InChI=1S/C23H29N3O3/c1-17(26-12-6-18-4-2-3-5-20(18)15-26)14-24-22(27)19-7-10-25(11-8-19)23(28)21-9-13-29-16-21/h2-5,9,13,16-17,19H,6-8,10-12,14-15H2,1H3,(H,24,27). The van der Waals surface area contributed by atoms with E-state index >= 15 is 0 Å². The molecule has 1 aromatic carbocycles. The minimum atomic E-state index is -0.0170. The van der Waals surface area contributed by atoms with Crippen LogP contribution in [0, 0.1) is 5.92 Å². The summed E-state index contributed by atoms with van der Waals surface area (Å²) in [4.78, 5) is 29.3. The van der Waals surface area contributed by atoms with E-state index in [1.54, 1.807) is 6.07 Å². The third-order valence-corrected chi connectivity index (χ3v) is 6.28. The molecule has 6 nitrogen and oxygen atoms in total. The first-order valence-electron chi connectivity index (χ1n) is 10.5. The second-order valence-corrected chi connectivity index (χ2v) is 8.16. The SMILES string of the molecule is CC(CNC(=O)C1CCN(C(=O)c2ccoc2)CC1)N1CCc2ccccc2C1. The van der Waals surface area contributed by atoms with Gasteiger partial charge in [0.15, 0.2) is 0 Å². The molecule has 1 fully saturated rings. The zero-order valence-corrected chi connectivity index (χ0v) is 17.0. The first kappa shape index (κ1) is 19.7. The number of piperidine rings is 1. The summed E-state index contributed by atoms with van der Waals surface area (Å²) in [6.07, 6.45) is 5.47. The van der Waals surface area contributed by atoms with Crippen LogP contribution in [0.5, 0.6) is 0 Å². The molecular weight excluding hydrogens is 366 g/mol. The van der Waals surface area contributed by atoms with Crippen molar-refractivity contribution >= 4 is 11.8 Å². The highest BCUT2D eigenvalue weighted by atomic mass is 16.3. The van der Waals surface area contributed by atoms with Gasteiger partial charge in [-0.2, -0.15) is 0 Å². The molecule has 0 bridgehead atoms. The van der Waals surface area contributed by atoms with Gasteiger partial charge in [0, 0.05) is 44.7 Å². The molecule has 2 aliphatic rings. The number of amides is 2. The highest BCUT2D eigenvalue weighted by Gasteiger charge is 2.29. The van der Waals surface area contributed by atoms with E-state index in [2.05, 4.69) is 41.4 Å². The van der Waals surface area contributed by atoms with Crippen molar-refractivity contribution in [1.82, 2.24) is 15.1 Å². The molecule has 2 aliphatic heterocycles. The summed E-state index contributed by atoms with van der Waals surface area (Å²) < 4.78 is 4.99. The molecule has 0 spiro atoms. The maximum Gasteiger partial charge on any atom is 0.257 e. The fraction of sp³-hybridized carbons (Fsp3) is 0.478. The molecule has 29 heavy (non-hydrogen) atoms. The Kier molecular flexibility index (Phi) is 6.00. The molecule has 3 heterocycles. The van der Waals surface area contributed by atoms with Crippen LogP contribution >= 0.6 is 0 Å². The van der Waals surface area contributed by atoms with Crippen molar-refractivity contribution < 1.29 is 14.0 Å². The first-order valence-corrected chi connectivity index (χ1v) is 10.5. The summed E-state index contributed by atoms with van der Waals surface area (Å²) in [5.41, 5.74) is 3.41. The lowest BCUT2D eigenvalue weighted by atomic mass is 9.95. The van der Waals surface area contributed by atoms with Crippen LogP contribution in [0.1, 0.15) is 41.3 Å². The molecule has 154 valence electrons. The lowest BCUT2D eigenvalue weighted by molar-refractivity contribution is -0.126. The lowest BCUT2D eigenvalue weighted by Gasteiger charge is -2.34. The molecule has 1 atom stereocenters. The van der Waals surface area contributed by atoms with Gasteiger partial charge in [0.05, 0.1) is 11.8 Å². The summed E-state index contributed by atoms with van der Waals surface area (Å²) in [5.74, 6) is 0.0824. The molecule has 2 aromatic rings. The second kappa shape index (κ2) is 8.82. The molecule has 1 saturated heterocycles. The summed E-state index contributed by atoms with van der Waals surface area (Å²) >= 11 is 0. The Hall–Kier alpha value is -2.60. The van der Waals surface area contributed by atoms with Crippen LogP contribution in [0.15, 0.2) is 47.3 Å². The molecule has 1 N–H and O–H groups in total. The van der Waals surface area contributed by atoms with Gasteiger partial charge < -0.3 is 14.6 Å². The maximum atomic E-state index is 12.6. The van der Waals surface area contributed by atoms with E-state index in [-0.39, 0.29) is 17.7 Å². The zero-order valence-electron chi connectivity index (χ0n) is 17.0. The number of benzene rings is 1. The van der Waals surface area contributed by atoms with Gasteiger partial charge in [-0.05, 0) is 43.4 Å². The largest absolute Gasteiger partial charge is 0.472 e. The maximum absolute atomic E-state index is 12.6. The van der Waals surface area contributed by atoms with Gasteiger partial charge in [0.2, 0.25) is 5.91 Å². The topological polar surface area (TPSA) is 65.8 Å². The Labute approximate surface area is 171 Å². The van der Waals surface area contributed by atoms with Crippen LogP contribution in [0.25, 0.3) is 0 Å². The predicted molar refractivity (Wildman–Crippen MR) is 110 cm³/mol. The second-order valence-electron chi connectivity index (χ2n) is 8.16. The summed E-state index contributed by atoms with van der Waals surface area (Å²) in [7, 11) is 0. The van der Waals surface area contributed by atoms with Gasteiger partial charge in [-0.15, -0.1) is 0 Å². The van der Waals surface area contributed by atoms with Gasteiger partial charge in [-0.25, -0.2) is 0 Å². The molecule has 2 amide bonds. The Morgan fingerprint density at radius 2 is 1.90 bits per heavy atom. The van der Waals surface area contributed by atoms with E-state index < -0.39 is 0 Å². The van der Waals surface area contributed by atoms with Crippen molar-refractivity contribution in [2.24, 2.45) is 5.92 Å². The Morgan fingerprint density at radius 1 is 1.14 bits per heavy atom. The monoisotopic (exact) mass is 395 g/mol. The third-order valence-electron chi connectivity index (χ3n) is 6.28. The number of rotatable bonds is 5. The van der Waals surface area contributed by atoms with Gasteiger partial charge >= 0.3 is 0 Å². The number of hydrogen-bond donors (Lipinski definition) is 1. The van der Waals surface area contributed by atoms with E-state index in [9.17, 15) is 9.59 Å². The third kappa shape index (κ3) is 4.53. The molecule has 4 rings (SSSR count). The smallest absolute Gasteiger partial charge is 0.257 e. The number of hydrogen-bond acceptors (Lipinski definition) is 4. The molecule has 1 unspecified atom stereocenters. The molecule has 0 radical (unpaired) electrons. The highest BCUT2D eigenvalue weighted by molar-refractivity contribution is 5.94. The van der Waals surface area contributed by atoms with Crippen molar-refractivity contribution in [3.05, 3.63) is 59.5 Å². The number of nitrogens with one attached hydrogen (secondary N) is 1. The first-order chi connectivity index (χ1) is 14.1. The van der Waals surface area contributed by atoms with E-state index in [1.807, 2.05) is 4.90 Å². The summed E-state index contributed by atoms with van der Waals surface area (Å²) in [5, 5.41) is 3.15. The zero-order chi connectivity index (χ0) is 20.2. The van der Waals surface area contributed by atoms with Crippen molar-refractivity contribution in [2.45, 2.75) is 38.8 Å². The van der Waals surface area contributed by atoms with Crippen LogP contribution in [-0.2, 0) is 17.8 Å². The van der Waals surface area contributed by atoms with Crippen molar-refractivity contribution in [3.63, 3.8) is 0 Å². The van der Waals surface area contributed by atoms with Crippen LogP contribution in [-0.4, -0.2) is 53.8 Å². The lowest BCUT2D eigenvalue weighted by Crippen LogP contribution is -2.47. The van der Waals surface area contributed by atoms with E-state index in [0.29, 0.717) is 44.1 Å². The number of furan rings is 1. The van der Waals surface area contributed by atoms with Crippen LogP contribution in [0.2, 0.25) is 0 Å². The minimum absolute atomic E-state index is 0.0160. The van der Waals surface area contributed by atoms with Gasteiger partial charge in [0.1, 0.15) is 6.26 Å². The van der Waals surface area contributed by atoms with Gasteiger partial charge in [0.25, 0.3) is 5.91 Å². The number of nitrogens with zero attached hydrogens (tertiary/aromatic N) is 2. The average Bonchev–Trinajstić information content (AvgIpc) is 3.31. The van der Waals surface area contributed by atoms with Crippen molar-refractivity contribution in [3.8, 4) is 0 Å². The van der Waals surface area contributed by atoms with Crippen LogP contribution in [0.3, 0.4) is 0 Å². The fourth-order valence-electron chi connectivity index (χ4n) is 4.33. The highest BCUT2D eigenvalue weighted by Crippen LogP contribution is 2.21. The molecule has 6 heteroatoms. The number of carbonyl (C=O) groups is 2. The number of likely N-dealkylation sites (tertiary alicyclic amines) is 1. The van der Waals surface area contributed by atoms with Crippen LogP contribution < -0.4 is 5.32 Å². The van der Waals surface area contributed by atoms with Crippen molar-refractivity contribution in [1.29, 1.82) is 0 Å². The Bertz CT molecular complexity index is 841. The van der Waals surface area contributed by atoms with E-state index in [1.165, 1.54) is 23.7 Å². The van der Waals surface area contributed by atoms with Gasteiger partial charge in [-0.3, -0.25) is 14.5 Å². The summed E-state index contributed by atoms with van der Waals surface area (Å²) in [6, 6.07) is 10.6. The van der Waals surface area contributed by atoms with Crippen molar-refractivity contribution in [2.75, 3.05) is 26.2 Å². The van der Waals surface area contributed by atoms with Crippen LogP contribution in [0.4, 0.5) is 0 Å². The molecule has 0 aliphatic carbocycles. The fourth-order valence-corrected chi connectivity index (χ4v) is 4.33. The van der Waals surface area contributed by atoms with E-state index in [0.717, 1.165) is 19.5 Å². The predicted octanol–water partition coefficient (Wildman–Crippen LogP) is 2.69. The molecule has 1 aromatic heterocycles.